The smallest absolute Gasteiger partial charge is 0.244 e. The van der Waals surface area contributed by atoms with Crippen molar-refractivity contribution in [3.05, 3.63) is 42.5 Å². The third-order valence-electron chi connectivity index (χ3n) is 2.75. The molecule has 5 heteroatoms. The van der Waals surface area contributed by atoms with E-state index in [0.717, 1.165) is 5.82 Å². The van der Waals surface area contributed by atoms with E-state index < -0.39 is 0 Å². The minimum atomic E-state index is -0.0921. The van der Waals surface area contributed by atoms with Gasteiger partial charge >= 0.3 is 0 Å². The zero-order valence-electron chi connectivity index (χ0n) is 11.1. The number of aromatic nitrogens is 2. The van der Waals surface area contributed by atoms with Crippen molar-refractivity contribution in [2.24, 2.45) is 0 Å². The van der Waals surface area contributed by atoms with E-state index in [1.807, 2.05) is 22.9 Å². The topological polar surface area (TPSA) is 72.9 Å². The number of hydrogen-bond donors (Lipinski definition) is 2. The number of imidazole rings is 1. The predicted octanol–water partition coefficient (Wildman–Crippen LogP) is 2.23. The molecule has 100 valence electrons. The van der Waals surface area contributed by atoms with Gasteiger partial charge in [-0.05, 0) is 18.2 Å². The van der Waals surface area contributed by atoms with Crippen molar-refractivity contribution in [1.82, 2.24) is 9.55 Å². The van der Waals surface area contributed by atoms with E-state index in [4.69, 9.17) is 5.73 Å². The van der Waals surface area contributed by atoms with E-state index in [9.17, 15) is 4.79 Å². The minimum absolute atomic E-state index is 0.0921. The molecule has 0 aliphatic heterocycles. The molecule has 2 aromatic rings. The number of nitrogen functional groups attached to an aromatic ring is 1. The number of anilines is 2. The fraction of sp³-hybridized carbons (Fsp3) is 0.286. The van der Waals surface area contributed by atoms with E-state index >= 15 is 0 Å². The molecule has 5 nitrogen and oxygen atoms in total. The van der Waals surface area contributed by atoms with Gasteiger partial charge < -0.3 is 15.6 Å². The molecular formula is C14H18N4O. The number of hydrogen-bond acceptors (Lipinski definition) is 3. The summed E-state index contributed by atoms with van der Waals surface area (Å²) in [6, 6.07) is 7.13. The first-order valence-electron chi connectivity index (χ1n) is 6.22. The SMILES string of the molecule is CC(C)c1nccn1CC(=O)Nc1cccc(N)c1. The van der Waals surface area contributed by atoms with Crippen molar-refractivity contribution in [2.75, 3.05) is 11.1 Å². The van der Waals surface area contributed by atoms with E-state index in [1.54, 1.807) is 18.3 Å². The van der Waals surface area contributed by atoms with Gasteiger partial charge in [0.05, 0.1) is 0 Å². The van der Waals surface area contributed by atoms with E-state index in [1.165, 1.54) is 0 Å². The van der Waals surface area contributed by atoms with Crippen LogP contribution in [0, 0.1) is 0 Å². The second kappa shape index (κ2) is 5.56. The molecule has 0 unspecified atom stereocenters. The summed E-state index contributed by atoms with van der Waals surface area (Å²) in [4.78, 5) is 16.2. The molecular weight excluding hydrogens is 240 g/mol. The molecule has 0 saturated heterocycles. The van der Waals surface area contributed by atoms with Crippen LogP contribution in [0.5, 0.6) is 0 Å². The van der Waals surface area contributed by atoms with E-state index in [2.05, 4.69) is 24.1 Å². The Bertz CT molecular complexity index is 574. The van der Waals surface area contributed by atoms with Crippen molar-refractivity contribution in [3.63, 3.8) is 0 Å². The molecule has 1 heterocycles. The lowest BCUT2D eigenvalue weighted by molar-refractivity contribution is -0.116. The second-order valence-corrected chi connectivity index (χ2v) is 4.74. The quantitative estimate of drug-likeness (QED) is 0.826. The predicted molar refractivity (Wildman–Crippen MR) is 75.8 cm³/mol. The third kappa shape index (κ3) is 3.34. The van der Waals surface area contributed by atoms with Crippen LogP contribution in [0.25, 0.3) is 0 Å². The number of carbonyl (C=O) groups is 1. The van der Waals surface area contributed by atoms with Gasteiger partial charge in [-0.15, -0.1) is 0 Å². The highest BCUT2D eigenvalue weighted by Gasteiger charge is 2.10. The highest BCUT2D eigenvalue weighted by atomic mass is 16.1. The lowest BCUT2D eigenvalue weighted by atomic mass is 10.2. The van der Waals surface area contributed by atoms with Crippen molar-refractivity contribution in [1.29, 1.82) is 0 Å². The molecule has 0 radical (unpaired) electrons. The van der Waals surface area contributed by atoms with Crippen LogP contribution in [-0.4, -0.2) is 15.5 Å². The molecule has 0 atom stereocenters. The maximum absolute atomic E-state index is 12.0. The summed E-state index contributed by atoms with van der Waals surface area (Å²) in [5, 5.41) is 2.82. The first kappa shape index (κ1) is 13.1. The average Bonchev–Trinajstić information content (AvgIpc) is 2.76. The molecule has 0 saturated carbocycles. The van der Waals surface area contributed by atoms with Gasteiger partial charge in [0.25, 0.3) is 0 Å². The summed E-state index contributed by atoms with van der Waals surface area (Å²) in [5.41, 5.74) is 7.00. The molecule has 1 amide bonds. The summed E-state index contributed by atoms with van der Waals surface area (Å²) in [5.74, 6) is 1.10. The summed E-state index contributed by atoms with van der Waals surface area (Å²) >= 11 is 0. The number of nitrogens with one attached hydrogen (secondary N) is 1. The van der Waals surface area contributed by atoms with Crippen molar-refractivity contribution >= 4 is 17.3 Å². The second-order valence-electron chi connectivity index (χ2n) is 4.74. The monoisotopic (exact) mass is 258 g/mol. The van der Waals surface area contributed by atoms with Crippen LogP contribution in [0.1, 0.15) is 25.6 Å². The average molecular weight is 258 g/mol. The number of benzene rings is 1. The van der Waals surface area contributed by atoms with Crippen molar-refractivity contribution in [3.8, 4) is 0 Å². The lowest BCUT2D eigenvalue weighted by Crippen LogP contribution is -2.20. The van der Waals surface area contributed by atoms with Gasteiger partial charge in [0.2, 0.25) is 5.91 Å². The normalized spacial score (nSPS) is 10.7. The van der Waals surface area contributed by atoms with Crippen LogP contribution in [-0.2, 0) is 11.3 Å². The molecule has 0 fully saturated rings. The molecule has 0 bridgehead atoms. The zero-order chi connectivity index (χ0) is 13.8. The number of carbonyl (C=O) groups excluding carboxylic acids is 1. The maximum atomic E-state index is 12.0. The van der Waals surface area contributed by atoms with Gasteiger partial charge in [-0.2, -0.15) is 0 Å². The molecule has 0 spiro atoms. The van der Waals surface area contributed by atoms with E-state index in [0.29, 0.717) is 11.4 Å². The highest BCUT2D eigenvalue weighted by molar-refractivity contribution is 5.91. The van der Waals surface area contributed by atoms with Crippen molar-refractivity contribution < 1.29 is 4.79 Å². The zero-order valence-corrected chi connectivity index (χ0v) is 11.1. The third-order valence-corrected chi connectivity index (χ3v) is 2.75. The Hall–Kier alpha value is -2.30. The van der Waals surface area contributed by atoms with Crippen molar-refractivity contribution in [2.45, 2.75) is 26.3 Å². The highest BCUT2D eigenvalue weighted by Crippen LogP contribution is 2.14. The first-order chi connectivity index (χ1) is 9.06. The molecule has 1 aromatic heterocycles. The molecule has 0 aliphatic rings. The number of nitrogens with two attached hydrogens (primary N) is 1. The summed E-state index contributed by atoms with van der Waals surface area (Å²) < 4.78 is 1.85. The first-order valence-corrected chi connectivity index (χ1v) is 6.22. The van der Waals surface area contributed by atoms with Gasteiger partial charge in [-0.25, -0.2) is 4.98 Å². The summed E-state index contributed by atoms with van der Waals surface area (Å²) in [6.45, 7) is 4.35. The van der Waals surface area contributed by atoms with Crippen LogP contribution < -0.4 is 11.1 Å². The molecule has 3 N–H and O–H groups in total. The van der Waals surface area contributed by atoms with Crippen LogP contribution in [0.2, 0.25) is 0 Å². The number of nitrogens with zero attached hydrogens (tertiary/aromatic N) is 2. The standard InChI is InChI=1S/C14H18N4O/c1-10(2)14-16-6-7-18(14)9-13(19)17-12-5-3-4-11(15)8-12/h3-8,10H,9,15H2,1-2H3,(H,17,19). The molecule has 1 aromatic carbocycles. The maximum Gasteiger partial charge on any atom is 0.244 e. The summed E-state index contributed by atoms with van der Waals surface area (Å²) in [6.07, 6.45) is 3.53. The number of amides is 1. The van der Waals surface area contributed by atoms with Crippen LogP contribution >= 0.6 is 0 Å². The van der Waals surface area contributed by atoms with Gasteiger partial charge in [-0.1, -0.05) is 19.9 Å². The molecule has 0 aliphatic carbocycles. The molecule has 19 heavy (non-hydrogen) atoms. The fourth-order valence-electron chi connectivity index (χ4n) is 1.93. The Kier molecular flexibility index (Phi) is 3.85. The van der Waals surface area contributed by atoms with Gasteiger partial charge in [0.15, 0.2) is 0 Å². The van der Waals surface area contributed by atoms with Crippen LogP contribution in [0.3, 0.4) is 0 Å². The Morgan fingerprint density at radius 3 is 2.95 bits per heavy atom. The van der Waals surface area contributed by atoms with Gasteiger partial charge in [-0.3, -0.25) is 4.79 Å². The Morgan fingerprint density at radius 1 is 1.47 bits per heavy atom. The Morgan fingerprint density at radius 2 is 2.26 bits per heavy atom. The Balaban J connectivity index is 2.03. The van der Waals surface area contributed by atoms with E-state index in [-0.39, 0.29) is 18.4 Å². The largest absolute Gasteiger partial charge is 0.399 e. The number of rotatable bonds is 4. The lowest BCUT2D eigenvalue weighted by Gasteiger charge is -2.10. The van der Waals surface area contributed by atoms with Crippen LogP contribution in [0.4, 0.5) is 11.4 Å². The fourth-order valence-corrected chi connectivity index (χ4v) is 1.93. The van der Waals surface area contributed by atoms with Gasteiger partial charge in [0.1, 0.15) is 12.4 Å². The minimum Gasteiger partial charge on any atom is -0.399 e. The summed E-state index contributed by atoms with van der Waals surface area (Å²) in [7, 11) is 0. The molecule has 2 rings (SSSR count). The van der Waals surface area contributed by atoms with Gasteiger partial charge in [0, 0.05) is 29.7 Å². The Labute approximate surface area is 112 Å². The van der Waals surface area contributed by atoms with Crippen LogP contribution in [0.15, 0.2) is 36.7 Å².